The molecule has 0 aromatic rings. The van der Waals surface area contributed by atoms with Crippen molar-refractivity contribution >= 4 is 11.6 Å². The van der Waals surface area contributed by atoms with Gasteiger partial charge in [0.1, 0.15) is 5.78 Å². The third-order valence-electron chi connectivity index (χ3n) is 2.33. The molecule has 1 heterocycles. The molecule has 2 fully saturated rings. The molecule has 10 heavy (non-hydrogen) atoms. The second kappa shape index (κ2) is 1.89. The number of hydrogen-bond donors (Lipinski definition) is 1. The second-order valence-corrected chi connectivity index (χ2v) is 2.94. The van der Waals surface area contributed by atoms with Crippen molar-refractivity contribution in [3.8, 4) is 0 Å². The molecule has 0 aromatic carbocycles. The molecule has 0 spiro atoms. The van der Waals surface area contributed by atoms with Gasteiger partial charge in [-0.3, -0.25) is 9.59 Å². The summed E-state index contributed by atoms with van der Waals surface area (Å²) >= 11 is 0. The predicted molar refractivity (Wildman–Crippen MR) is 34.5 cm³/mol. The van der Waals surface area contributed by atoms with Crippen LogP contribution >= 0.6 is 0 Å². The zero-order valence-corrected chi connectivity index (χ0v) is 5.59. The van der Waals surface area contributed by atoms with E-state index in [-0.39, 0.29) is 29.9 Å². The Labute approximate surface area is 58.8 Å². The van der Waals surface area contributed by atoms with Gasteiger partial charge in [-0.15, -0.1) is 0 Å². The Kier molecular flexibility index (Phi) is 1.14. The van der Waals surface area contributed by atoms with E-state index in [1.165, 1.54) is 0 Å². The van der Waals surface area contributed by atoms with Gasteiger partial charge in [0.2, 0.25) is 0 Å². The standard InChI is InChI=1S/C7H9NO2/c9-5-3-6(10)7-4(5)1-2-8-7/h4,7-8H,1-3H2/t4-,7-/m0/s1. The van der Waals surface area contributed by atoms with E-state index >= 15 is 0 Å². The van der Waals surface area contributed by atoms with Crippen LogP contribution in [0.25, 0.3) is 0 Å². The van der Waals surface area contributed by atoms with Gasteiger partial charge >= 0.3 is 0 Å². The molecule has 2 aliphatic rings. The summed E-state index contributed by atoms with van der Waals surface area (Å²) in [5, 5.41) is 3.03. The summed E-state index contributed by atoms with van der Waals surface area (Å²) in [6.45, 7) is 0.826. The average molecular weight is 139 g/mol. The molecule has 1 saturated carbocycles. The highest BCUT2D eigenvalue weighted by atomic mass is 16.2. The summed E-state index contributed by atoms with van der Waals surface area (Å²) in [7, 11) is 0. The fourth-order valence-corrected chi connectivity index (χ4v) is 1.80. The SMILES string of the molecule is O=C1CC(=O)[C@@H]2CCN[C@H]12. The van der Waals surface area contributed by atoms with Crippen molar-refractivity contribution in [3.63, 3.8) is 0 Å². The number of carbonyl (C=O) groups is 2. The fourth-order valence-electron chi connectivity index (χ4n) is 1.80. The van der Waals surface area contributed by atoms with Gasteiger partial charge in [0.25, 0.3) is 0 Å². The van der Waals surface area contributed by atoms with Crippen LogP contribution in [0, 0.1) is 5.92 Å². The molecule has 3 nitrogen and oxygen atoms in total. The van der Waals surface area contributed by atoms with Crippen molar-refractivity contribution in [2.75, 3.05) is 6.54 Å². The van der Waals surface area contributed by atoms with Crippen molar-refractivity contribution in [2.24, 2.45) is 5.92 Å². The first-order valence-electron chi connectivity index (χ1n) is 3.58. The Morgan fingerprint density at radius 3 is 2.80 bits per heavy atom. The summed E-state index contributed by atoms with van der Waals surface area (Å²) in [4.78, 5) is 22.0. The van der Waals surface area contributed by atoms with Crippen LogP contribution in [0.5, 0.6) is 0 Å². The molecule has 0 bridgehead atoms. The average Bonchev–Trinajstić information content (AvgIpc) is 2.39. The van der Waals surface area contributed by atoms with Gasteiger partial charge in [0, 0.05) is 5.92 Å². The first kappa shape index (κ1) is 6.04. The van der Waals surface area contributed by atoms with E-state index in [0.717, 1.165) is 13.0 Å². The first-order valence-corrected chi connectivity index (χ1v) is 3.58. The van der Waals surface area contributed by atoms with Crippen LogP contribution in [-0.2, 0) is 9.59 Å². The number of fused-ring (bicyclic) bond motifs is 1. The summed E-state index contributed by atoms with van der Waals surface area (Å²) < 4.78 is 0. The number of hydrogen-bond acceptors (Lipinski definition) is 3. The molecule has 0 amide bonds. The van der Waals surface area contributed by atoms with Crippen LogP contribution in [0.15, 0.2) is 0 Å². The summed E-state index contributed by atoms with van der Waals surface area (Å²) in [6, 6.07) is -0.118. The lowest BCUT2D eigenvalue weighted by Gasteiger charge is -2.02. The zero-order valence-electron chi connectivity index (χ0n) is 5.59. The highest BCUT2D eigenvalue weighted by molar-refractivity contribution is 6.10. The molecule has 2 atom stereocenters. The number of Topliss-reactive ketones (excluding diaryl/α,β-unsaturated/α-hetero) is 2. The van der Waals surface area contributed by atoms with Gasteiger partial charge in [-0.25, -0.2) is 0 Å². The number of ketones is 2. The van der Waals surface area contributed by atoms with Crippen LogP contribution in [0.3, 0.4) is 0 Å². The molecule has 54 valence electrons. The molecule has 1 N–H and O–H groups in total. The minimum atomic E-state index is -0.118. The summed E-state index contributed by atoms with van der Waals surface area (Å²) in [6.07, 6.45) is 1.03. The summed E-state index contributed by atoms with van der Waals surface area (Å²) in [5.74, 6) is 0.250. The van der Waals surface area contributed by atoms with Crippen LogP contribution in [0.2, 0.25) is 0 Å². The van der Waals surface area contributed by atoms with Crippen LogP contribution < -0.4 is 5.32 Å². The Hall–Kier alpha value is -0.700. The monoisotopic (exact) mass is 139 g/mol. The van der Waals surface area contributed by atoms with Gasteiger partial charge < -0.3 is 5.32 Å². The minimum Gasteiger partial charge on any atom is -0.307 e. The third kappa shape index (κ3) is 0.639. The van der Waals surface area contributed by atoms with E-state index in [4.69, 9.17) is 0 Å². The number of carbonyl (C=O) groups excluding carboxylic acids is 2. The van der Waals surface area contributed by atoms with Crippen molar-refractivity contribution in [1.29, 1.82) is 0 Å². The molecule has 3 heteroatoms. The van der Waals surface area contributed by atoms with Gasteiger partial charge in [-0.1, -0.05) is 0 Å². The molecule has 0 radical (unpaired) electrons. The zero-order chi connectivity index (χ0) is 7.14. The van der Waals surface area contributed by atoms with Gasteiger partial charge in [-0.05, 0) is 13.0 Å². The molecule has 1 aliphatic carbocycles. The third-order valence-corrected chi connectivity index (χ3v) is 2.33. The highest BCUT2D eigenvalue weighted by Crippen LogP contribution is 2.26. The fraction of sp³-hybridized carbons (Fsp3) is 0.714. The lowest BCUT2D eigenvalue weighted by atomic mass is 10.0. The van der Waals surface area contributed by atoms with E-state index in [1.807, 2.05) is 0 Å². The Balaban J connectivity index is 2.27. The van der Waals surface area contributed by atoms with Crippen molar-refractivity contribution < 1.29 is 9.59 Å². The molecule has 1 saturated heterocycles. The smallest absolute Gasteiger partial charge is 0.157 e. The van der Waals surface area contributed by atoms with Crippen molar-refractivity contribution in [1.82, 2.24) is 5.32 Å². The number of rotatable bonds is 0. The van der Waals surface area contributed by atoms with E-state index in [1.54, 1.807) is 0 Å². The maximum atomic E-state index is 11.0. The second-order valence-electron chi connectivity index (χ2n) is 2.94. The highest BCUT2D eigenvalue weighted by Gasteiger charge is 2.43. The Bertz CT molecular complexity index is 180. The van der Waals surface area contributed by atoms with Crippen LogP contribution in [0.4, 0.5) is 0 Å². The molecule has 2 rings (SSSR count). The normalized spacial score (nSPS) is 38.8. The van der Waals surface area contributed by atoms with E-state index < -0.39 is 0 Å². The van der Waals surface area contributed by atoms with Crippen LogP contribution in [0.1, 0.15) is 12.8 Å². The quantitative estimate of drug-likeness (QED) is 0.460. The van der Waals surface area contributed by atoms with Crippen molar-refractivity contribution in [3.05, 3.63) is 0 Å². The molecule has 0 aromatic heterocycles. The lowest BCUT2D eigenvalue weighted by Crippen LogP contribution is -2.30. The Morgan fingerprint density at radius 1 is 1.30 bits per heavy atom. The lowest BCUT2D eigenvalue weighted by molar-refractivity contribution is -0.123. The Morgan fingerprint density at radius 2 is 2.10 bits per heavy atom. The summed E-state index contributed by atoms with van der Waals surface area (Å²) in [5.41, 5.74) is 0. The van der Waals surface area contributed by atoms with E-state index in [0.29, 0.717) is 0 Å². The molecule has 0 unspecified atom stereocenters. The maximum Gasteiger partial charge on any atom is 0.157 e. The van der Waals surface area contributed by atoms with Gasteiger partial charge in [-0.2, -0.15) is 0 Å². The molecular weight excluding hydrogens is 130 g/mol. The number of nitrogens with one attached hydrogen (secondary N) is 1. The molecule has 1 aliphatic heterocycles. The molecular formula is C7H9NO2. The van der Waals surface area contributed by atoms with E-state index in [2.05, 4.69) is 5.32 Å². The van der Waals surface area contributed by atoms with Crippen molar-refractivity contribution in [2.45, 2.75) is 18.9 Å². The topological polar surface area (TPSA) is 46.2 Å². The van der Waals surface area contributed by atoms with Gasteiger partial charge in [0.15, 0.2) is 5.78 Å². The first-order chi connectivity index (χ1) is 4.79. The minimum absolute atomic E-state index is 0.0208. The largest absolute Gasteiger partial charge is 0.307 e. The van der Waals surface area contributed by atoms with Gasteiger partial charge in [0.05, 0.1) is 12.5 Å². The predicted octanol–water partition coefficient (Wildman–Crippen LogP) is -0.494. The maximum absolute atomic E-state index is 11.0. The van der Waals surface area contributed by atoms with Crippen LogP contribution in [-0.4, -0.2) is 24.2 Å². The van der Waals surface area contributed by atoms with E-state index in [9.17, 15) is 9.59 Å².